The fourth-order valence-corrected chi connectivity index (χ4v) is 2.60. The molecule has 18 heavy (non-hydrogen) atoms. The molecule has 2 aromatic rings. The van der Waals surface area contributed by atoms with E-state index in [4.69, 9.17) is 9.84 Å². The summed E-state index contributed by atoms with van der Waals surface area (Å²) in [5, 5.41) is 12.5. The Labute approximate surface area is 116 Å². The van der Waals surface area contributed by atoms with E-state index in [1.165, 1.54) is 16.8 Å². The highest BCUT2D eigenvalue weighted by molar-refractivity contribution is 9.10. The highest BCUT2D eigenvalue weighted by Gasteiger charge is 2.13. The fraction of sp³-hybridized carbons (Fsp3) is 0.0909. The molecule has 7 heteroatoms. The number of hydrogen-bond donors (Lipinski definition) is 2. The van der Waals surface area contributed by atoms with Gasteiger partial charge in [-0.2, -0.15) is 0 Å². The average molecular weight is 329 g/mol. The molecule has 0 amide bonds. The van der Waals surface area contributed by atoms with Gasteiger partial charge in [-0.25, -0.2) is 9.78 Å². The number of nitrogens with zero attached hydrogens (tertiary/aromatic N) is 1. The maximum absolute atomic E-state index is 10.9. The Morgan fingerprint density at radius 1 is 1.56 bits per heavy atom. The van der Waals surface area contributed by atoms with Gasteiger partial charge < -0.3 is 15.2 Å². The number of nitrogens with one attached hydrogen (secondary N) is 1. The molecule has 0 saturated carbocycles. The summed E-state index contributed by atoms with van der Waals surface area (Å²) in [5.74, 6) is -0.338. The van der Waals surface area contributed by atoms with Crippen molar-refractivity contribution in [2.75, 3.05) is 12.4 Å². The molecule has 5 nitrogen and oxygen atoms in total. The van der Waals surface area contributed by atoms with Crippen molar-refractivity contribution >= 4 is 43.9 Å². The van der Waals surface area contributed by atoms with Crippen LogP contribution in [0.4, 0.5) is 10.7 Å². The van der Waals surface area contributed by atoms with Crippen molar-refractivity contribution in [1.82, 2.24) is 4.98 Å². The number of carbonyl (C=O) groups is 1. The molecule has 0 aliphatic rings. The average Bonchev–Trinajstić information content (AvgIpc) is 2.77. The van der Waals surface area contributed by atoms with Crippen LogP contribution < -0.4 is 10.1 Å². The van der Waals surface area contributed by atoms with Crippen LogP contribution in [0.2, 0.25) is 0 Å². The van der Waals surface area contributed by atoms with Crippen molar-refractivity contribution < 1.29 is 14.6 Å². The second-order valence-electron chi connectivity index (χ2n) is 3.31. The van der Waals surface area contributed by atoms with Gasteiger partial charge in [-0.15, -0.1) is 11.3 Å². The van der Waals surface area contributed by atoms with Gasteiger partial charge >= 0.3 is 5.97 Å². The number of hydrogen-bond acceptors (Lipinski definition) is 5. The molecular weight excluding hydrogens is 320 g/mol. The Morgan fingerprint density at radius 3 is 2.94 bits per heavy atom. The van der Waals surface area contributed by atoms with Crippen molar-refractivity contribution in [2.45, 2.75) is 0 Å². The number of methoxy groups -OCH3 is 1. The Kier molecular flexibility index (Phi) is 3.83. The van der Waals surface area contributed by atoms with Gasteiger partial charge in [0.25, 0.3) is 0 Å². The molecule has 1 aromatic carbocycles. The van der Waals surface area contributed by atoms with Crippen LogP contribution in [0.15, 0.2) is 28.2 Å². The standard InChI is InChI=1S/C11H9BrN2O3S/c1-17-8-3-2-6(4-7(8)12)14-10-9(11(15)16)13-5-18-10/h2-5,14H,1H3,(H,15,16). The van der Waals surface area contributed by atoms with E-state index in [9.17, 15) is 4.79 Å². The number of anilines is 2. The zero-order chi connectivity index (χ0) is 13.1. The summed E-state index contributed by atoms with van der Waals surface area (Å²) in [4.78, 5) is 14.7. The number of aromatic carboxylic acids is 1. The van der Waals surface area contributed by atoms with E-state index < -0.39 is 5.97 Å². The Morgan fingerprint density at radius 2 is 2.33 bits per heavy atom. The second kappa shape index (κ2) is 5.36. The number of halogens is 1. The Hall–Kier alpha value is -1.60. The first-order valence-corrected chi connectivity index (χ1v) is 6.56. The second-order valence-corrected chi connectivity index (χ2v) is 5.02. The minimum atomic E-state index is -1.05. The van der Waals surface area contributed by atoms with Gasteiger partial charge in [0.2, 0.25) is 0 Å². The number of thiazole rings is 1. The van der Waals surface area contributed by atoms with Crippen LogP contribution >= 0.6 is 27.3 Å². The van der Waals surface area contributed by atoms with Crippen LogP contribution in [0.3, 0.4) is 0 Å². The quantitative estimate of drug-likeness (QED) is 0.900. The number of rotatable bonds is 4. The Balaban J connectivity index is 2.26. The van der Waals surface area contributed by atoms with Gasteiger partial charge in [-0.05, 0) is 34.1 Å². The largest absolute Gasteiger partial charge is 0.496 e. The summed E-state index contributed by atoms with van der Waals surface area (Å²) in [5.41, 5.74) is 2.27. The molecule has 0 atom stereocenters. The summed E-state index contributed by atoms with van der Waals surface area (Å²) in [6, 6.07) is 5.40. The predicted molar refractivity (Wildman–Crippen MR) is 73.1 cm³/mol. The molecule has 94 valence electrons. The number of aromatic nitrogens is 1. The molecule has 0 aliphatic carbocycles. The third-order valence-electron chi connectivity index (χ3n) is 2.18. The van der Waals surface area contributed by atoms with Gasteiger partial charge in [0.15, 0.2) is 5.69 Å². The minimum absolute atomic E-state index is 0.0203. The molecule has 1 heterocycles. The lowest BCUT2D eigenvalue weighted by Gasteiger charge is -2.07. The topological polar surface area (TPSA) is 71.5 Å². The van der Waals surface area contributed by atoms with Gasteiger partial charge in [0, 0.05) is 5.69 Å². The van der Waals surface area contributed by atoms with Crippen molar-refractivity contribution in [1.29, 1.82) is 0 Å². The van der Waals surface area contributed by atoms with Crippen LogP contribution in [-0.4, -0.2) is 23.2 Å². The van der Waals surface area contributed by atoms with E-state index in [0.29, 0.717) is 10.8 Å². The lowest BCUT2D eigenvalue weighted by Crippen LogP contribution is -2.01. The van der Waals surface area contributed by atoms with Gasteiger partial charge in [0.05, 0.1) is 17.1 Å². The van der Waals surface area contributed by atoms with Crippen molar-refractivity contribution in [3.63, 3.8) is 0 Å². The van der Waals surface area contributed by atoms with E-state index >= 15 is 0 Å². The summed E-state index contributed by atoms with van der Waals surface area (Å²) < 4.78 is 5.91. The summed E-state index contributed by atoms with van der Waals surface area (Å²) in [7, 11) is 1.58. The SMILES string of the molecule is COc1ccc(Nc2scnc2C(=O)O)cc1Br. The maximum Gasteiger partial charge on any atom is 0.357 e. The van der Waals surface area contributed by atoms with Crippen LogP contribution in [0, 0.1) is 0 Å². The number of benzene rings is 1. The van der Waals surface area contributed by atoms with Crippen molar-refractivity contribution in [3.05, 3.63) is 33.9 Å². The van der Waals surface area contributed by atoms with Gasteiger partial charge in [-0.1, -0.05) is 0 Å². The molecule has 1 aromatic heterocycles. The molecule has 2 N–H and O–H groups in total. The molecular formula is C11H9BrN2O3S. The minimum Gasteiger partial charge on any atom is -0.496 e. The molecule has 0 fully saturated rings. The number of carboxylic acid groups (broad SMARTS) is 1. The zero-order valence-electron chi connectivity index (χ0n) is 9.31. The fourth-order valence-electron chi connectivity index (χ4n) is 1.36. The van der Waals surface area contributed by atoms with Crippen LogP contribution in [0.5, 0.6) is 5.75 Å². The van der Waals surface area contributed by atoms with E-state index in [1.807, 2.05) is 6.07 Å². The van der Waals surface area contributed by atoms with E-state index in [0.717, 1.165) is 10.2 Å². The highest BCUT2D eigenvalue weighted by atomic mass is 79.9. The first-order chi connectivity index (χ1) is 8.61. The van der Waals surface area contributed by atoms with Crippen molar-refractivity contribution in [2.24, 2.45) is 0 Å². The molecule has 0 radical (unpaired) electrons. The number of ether oxygens (including phenoxy) is 1. The van der Waals surface area contributed by atoms with Crippen LogP contribution in [0.1, 0.15) is 10.5 Å². The van der Waals surface area contributed by atoms with Gasteiger partial charge in [-0.3, -0.25) is 0 Å². The lowest BCUT2D eigenvalue weighted by atomic mass is 10.3. The van der Waals surface area contributed by atoms with Crippen LogP contribution in [0.25, 0.3) is 0 Å². The summed E-state index contributed by atoms with van der Waals surface area (Å²) in [6.45, 7) is 0. The smallest absolute Gasteiger partial charge is 0.357 e. The van der Waals surface area contributed by atoms with E-state index in [1.54, 1.807) is 19.2 Å². The predicted octanol–water partition coefficient (Wildman–Crippen LogP) is 3.36. The molecule has 0 unspecified atom stereocenters. The number of carboxylic acids is 1. The molecule has 0 bridgehead atoms. The summed E-state index contributed by atoms with van der Waals surface area (Å²) in [6.07, 6.45) is 0. The monoisotopic (exact) mass is 328 g/mol. The van der Waals surface area contributed by atoms with E-state index in [2.05, 4.69) is 26.2 Å². The maximum atomic E-state index is 10.9. The van der Waals surface area contributed by atoms with E-state index in [-0.39, 0.29) is 5.69 Å². The molecule has 0 aliphatic heterocycles. The first kappa shape index (κ1) is 12.8. The molecule has 0 spiro atoms. The normalized spacial score (nSPS) is 10.1. The lowest BCUT2D eigenvalue weighted by molar-refractivity contribution is 0.0692. The third-order valence-corrected chi connectivity index (χ3v) is 3.54. The van der Waals surface area contributed by atoms with Crippen LogP contribution in [-0.2, 0) is 0 Å². The third kappa shape index (κ3) is 2.62. The zero-order valence-corrected chi connectivity index (χ0v) is 11.7. The molecule has 2 rings (SSSR count). The first-order valence-electron chi connectivity index (χ1n) is 4.89. The highest BCUT2D eigenvalue weighted by Crippen LogP contribution is 2.31. The van der Waals surface area contributed by atoms with Gasteiger partial charge in [0.1, 0.15) is 10.8 Å². The molecule has 0 saturated heterocycles. The Bertz CT molecular complexity index is 585. The summed E-state index contributed by atoms with van der Waals surface area (Å²) >= 11 is 4.60. The van der Waals surface area contributed by atoms with Crippen molar-refractivity contribution in [3.8, 4) is 5.75 Å².